The summed E-state index contributed by atoms with van der Waals surface area (Å²) in [6, 6.07) is 12.7. The molecule has 2 N–H and O–H groups in total. The molecule has 4 rings (SSSR count). The van der Waals surface area contributed by atoms with Crippen molar-refractivity contribution >= 4 is 5.91 Å². The molecule has 1 fully saturated rings. The number of aryl methyl sites for hydroxylation is 2. The van der Waals surface area contributed by atoms with Crippen LogP contribution in [0.15, 0.2) is 36.4 Å². The second-order valence-electron chi connectivity index (χ2n) is 7.94. The number of rotatable bonds is 4. The van der Waals surface area contributed by atoms with Gasteiger partial charge in [0.25, 0.3) is 0 Å². The Labute approximate surface area is 161 Å². The van der Waals surface area contributed by atoms with Crippen molar-refractivity contribution in [2.75, 3.05) is 7.05 Å². The van der Waals surface area contributed by atoms with Gasteiger partial charge in [-0.3, -0.25) is 9.69 Å². The highest BCUT2D eigenvalue weighted by Crippen LogP contribution is 2.35. The Morgan fingerprint density at radius 1 is 1.04 bits per heavy atom. The molecule has 2 aromatic rings. The average molecular weight is 364 g/mol. The Morgan fingerprint density at radius 2 is 1.70 bits per heavy atom. The minimum absolute atomic E-state index is 0.396. The third-order valence-electron chi connectivity index (χ3n) is 5.98. The second-order valence-corrected chi connectivity index (χ2v) is 7.94. The summed E-state index contributed by atoms with van der Waals surface area (Å²) in [5.74, 6) is 1.35. The molecule has 0 atom stereocenters. The second kappa shape index (κ2) is 7.73. The van der Waals surface area contributed by atoms with Gasteiger partial charge in [0.2, 0.25) is 5.91 Å². The van der Waals surface area contributed by atoms with Gasteiger partial charge in [0.15, 0.2) is 0 Å². The van der Waals surface area contributed by atoms with E-state index in [0.717, 1.165) is 36.4 Å². The summed E-state index contributed by atoms with van der Waals surface area (Å²) in [5.41, 5.74) is 9.58. The minimum atomic E-state index is -0.396. The lowest BCUT2D eigenvalue weighted by molar-refractivity contribution is 0.1000. The Morgan fingerprint density at radius 3 is 2.41 bits per heavy atom. The van der Waals surface area contributed by atoms with Crippen LogP contribution in [0.4, 0.5) is 0 Å². The Balaban J connectivity index is 1.50. The van der Waals surface area contributed by atoms with Crippen molar-refractivity contribution in [3.05, 3.63) is 58.7 Å². The van der Waals surface area contributed by atoms with Crippen molar-refractivity contribution in [2.24, 2.45) is 5.73 Å². The van der Waals surface area contributed by atoms with Gasteiger partial charge in [-0.05, 0) is 73.7 Å². The van der Waals surface area contributed by atoms with Gasteiger partial charge in [-0.2, -0.15) is 0 Å². The first-order valence-electron chi connectivity index (χ1n) is 10.0. The molecule has 0 radical (unpaired) electrons. The molecule has 4 heteroatoms. The maximum atomic E-state index is 11.4. The molecule has 4 nitrogen and oxygen atoms in total. The van der Waals surface area contributed by atoms with E-state index >= 15 is 0 Å². The summed E-state index contributed by atoms with van der Waals surface area (Å²) >= 11 is 0. The number of hydrogen-bond acceptors (Lipinski definition) is 3. The Bertz CT molecular complexity index is 840. The predicted octanol–water partition coefficient (Wildman–Crippen LogP) is 4.44. The van der Waals surface area contributed by atoms with E-state index in [1.807, 2.05) is 12.1 Å². The van der Waals surface area contributed by atoms with Crippen LogP contribution in [0.2, 0.25) is 0 Å². The van der Waals surface area contributed by atoms with Crippen LogP contribution in [0.1, 0.15) is 59.2 Å². The largest absolute Gasteiger partial charge is 0.457 e. The zero-order chi connectivity index (χ0) is 18.8. The van der Waals surface area contributed by atoms with Crippen molar-refractivity contribution in [1.29, 1.82) is 0 Å². The standard InChI is InChI=1S/C23H28N2O2/c1-25(20-5-3-2-4-6-20)15-16-7-11-21-17(13-16)8-9-18-14-19(23(24)26)10-12-22(18)27-21/h7,10-14,20H,2-6,8-9,15H2,1H3,(H2,24,26). The summed E-state index contributed by atoms with van der Waals surface area (Å²) in [6.45, 7) is 0.983. The lowest BCUT2D eigenvalue weighted by Gasteiger charge is -2.31. The highest BCUT2D eigenvalue weighted by Gasteiger charge is 2.20. The first-order chi connectivity index (χ1) is 13.1. The van der Waals surface area contributed by atoms with Crippen LogP contribution < -0.4 is 10.5 Å². The molecule has 1 aliphatic carbocycles. The van der Waals surface area contributed by atoms with E-state index in [1.54, 1.807) is 6.07 Å². The van der Waals surface area contributed by atoms with Crippen LogP contribution in [-0.4, -0.2) is 23.9 Å². The number of carbonyl (C=O) groups is 1. The third kappa shape index (κ3) is 4.01. The summed E-state index contributed by atoms with van der Waals surface area (Å²) in [4.78, 5) is 14.0. The van der Waals surface area contributed by atoms with Crippen molar-refractivity contribution in [1.82, 2.24) is 4.90 Å². The van der Waals surface area contributed by atoms with Crippen LogP contribution in [0.25, 0.3) is 0 Å². The monoisotopic (exact) mass is 364 g/mol. The molecule has 1 amide bonds. The number of nitrogens with two attached hydrogens (primary N) is 1. The lowest BCUT2D eigenvalue weighted by atomic mass is 9.94. The minimum Gasteiger partial charge on any atom is -0.457 e. The normalized spacial score (nSPS) is 17.0. The quantitative estimate of drug-likeness (QED) is 0.872. The molecule has 142 valence electrons. The smallest absolute Gasteiger partial charge is 0.248 e. The van der Waals surface area contributed by atoms with Gasteiger partial charge in [-0.15, -0.1) is 0 Å². The van der Waals surface area contributed by atoms with Crippen molar-refractivity contribution < 1.29 is 9.53 Å². The summed E-state index contributed by atoms with van der Waals surface area (Å²) in [5, 5.41) is 0. The van der Waals surface area contributed by atoms with Crippen molar-refractivity contribution in [3.8, 4) is 11.5 Å². The fraction of sp³-hybridized carbons (Fsp3) is 0.435. The molecule has 1 aliphatic heterocycles. The highest BCUT2D eigenvalue weighted by molar-refractivity contribution is 5.93. The van der Waals surface area contributed by atoms with Gasteiger partial charge in [0.1, 0.15) is 11.5 Å². The molecule has 0 spiro atoms. The van der Waals surface area contributed by atoms with E-state index in [0.29, 0.717) is 11.6 Å². The number of fused-ring (bicyclic) bond motifs is 2. The fourth-order valence-corrected chi connectivity index (χ4v) is 4.38. The summed E-state index contributed by atoms with van der Waals surface area (Å²) < 4.78 is 6.15. The number of amides is 1. The number of benzene rings is 2. The van der Waals surface area contributed by atoms with E-state index in [-0.39, 0.29) is 0 Å². The summed E-state index contributed by atoms with van der Waals surface area (Å²) in [6.07, 6.45) is 8.51. The molecular weight excluding hydrogens is 336 g/mol. The van der Waals surface area contributed by atoms with E-state index in [1.165, 1.54) is 43.2 Å². The Hall–Kier alpha value is -2.33. The molecule has 1 heterocycles. The van der Waals surface area contributed by atoms with Gasteiger partial charge < -0.3 is 10.5 Å². The zero-order valence-electron chi connectivity index (χ0n) is 16.0. The molecule has 2 aliphatic rings. The molecule has 0 unspecified atom stereocenters. The van der Waals surface area contributed by atoms with Gasteiger partial charge in [0, 0.05) is 18.2 Å². The van der Waals surface area contributed by atoms with Crippen LogP contribution in [-0.2, 0) is 19.4 Å². The zero-order valence-corrected chi connectivity index (χ0v) is 16.0. The van der Waals surface area contributed by atoms with Gasteiger partial charge >= 0.3 is 0 Å². The SMILES string of the molecule is CN(Cc1ccc2c(c1)CCc1cc(C(N)=O)ccc1O2)C1CCCCC1. The van der Waals surface area contributed by atoms with Crippen LogP contribution in [0, 0.1) is 0 Å². The van der Waals surface area contributed by atoms with Crippen LogP contribution in [0.3, 0.4) is 0 Å². The van der Waals surface area contributed by atoms with Crippen molar-refractivity contribution in [2.45, 2.75) is 57.5 Å². The van der Waals surface area contributed by atoms with Gasteiger partial charge in [-0.25, -0.2) is 0 Å². The molecule has 2 aromatic carbocycles. The number of carbonyl (C=O) groups excluding carboxylic acids is 1. The average Bonchev–Trinajstić information content (AvgIpc) is 2.87. The Kier molecular flexibility index (Phi) is 5.17. The third-order valence-corrected chi connectivity index (χ3v) is 5.98. The van der Waals surface area contributed by atoms with E-state index in [9.17, 15) is 4.79 Å². The number of nitrogens with zero attached hydrogens (tertiary/aromatic N) is 1. The predicted molar refractivity (Wildman–Crippen MR) is 107 cm³/mol. The highest BCUT2D eigenvalue weighted by atomic mass is 16.5. The van der Waals surface area contributed by atoms with Gasteiger partial charge in [-0.1, -0.05) is 31.4 Å². The van der Waals surface area contributed by atoms with E-state index in [4.69, 9.17) is 10.5 Å². The van der Waals surface area contributed by atoms with Gasteiger partial charge in [0.05, 0.1) is 0 Å². The maximum absolute atomic E-state index is 11.4. The molecular formula is C23H28N2O2. The van der Waals surface area contributed by atoms with E-state index < -0.39 is 5.91 Å². The molecule has 0 aromatic heterocycles. The lowest BCUT2D eigenvalue weighted by Crippen LogP contribution is -2.32. The first kappa shape index (κ1) is 18.1. The van der Waals surface area contributed by atoms with E-state index in [2.05, 4.69) is 30.1 Å². The molecule has 0 bridgehead atoms. The fourth-order valence-electron chi connectivity index (χ4n) is 4.38. The maximum Gasteiger partial charge on any atom is 0.248 e. The molecule has 1 saturated carbocycles. The summed E-state index contributed by atoms with van der Waals surface area (Å²) in [7, 11) is 2.25. The molecule has 27 heavy (non-hydrogen) atoms. The number of primary amides is 1. The van der Waals surface area contributed by atoms with Crippen LogP contribution in [0.5, 0.6) is 11.5 Å². The number of hydrogen-bond donors (Lipinski definition) is 1. The van der Waals surface area contributed by atoms with Crippen molar-refractivity contribution in [3.63, 3.8) is 0 Å². The topological polar surface area (TPSA) is 55.6 Å². The van der Waals surface area contributed by atoms with Crippen LogP contribution >= 0.6 is 0 Å². The number of ether oxygens (including phenoxy) is 1. The molecule has 0 saturated heterocycles. The first-order valence-corrected chi connectivity index (χ1v) is 10.0.